The summed E-state index contributed by atoms with van der Waals surface area (Å²) in [6, 6.07) is 0. The van der Waals surface area contributed by atoms with Crippen molar-refractivity contribution in [2.24, 2.45) is 16.6 Å². The molecule has 1 aliphatic carbocycles. The summed E-state index contributed by atoms with van der Waals surface area (Å²) in [5, 5.41) is 0. The lowest BCUT2D eigenvalue weighted by molar-refractivity contribution is 0.148. The smallest absolute Gasteiger partial charge is 0.00382 e. The molecular formula is C17H34N2. The molecule has 2 fully saturated rings. The highest BCUT2D eigenvalue weighted by Gasteiger charge is 2.36. The summed E-state index contributed by atoms with van der Waals surface area (Å²) in [4.78, 5) is 2.72. The standard InChI is InChI=1S/C17H34N2/c1-3-16(4-2)10-12-19(15-16)13-11-17(14-18)8-6-5-7-9-17/h3-15,18H2,1-2H3. The lowest BCUT2D eigenvalue weighted by atomic mass is 9.72. The maximum atomic E-state index is 6.11. The normalized spacial score (nSPS) is 26.7. The van der Waals surface area contributed by atoms with Gasteiger partial charge in [-0.2, -0.15) is 0 Å². The molecule has 2 aliphatic rings. The monoisotopic (exact) mass is 266 g/mol. The predicted octanol–water partition coefficient (Wildman–Crippen LogP) is 3.80. The van der Waals surface area contributed by atoms with Gasteiger partial charge in [-0.25, -0.2) is 0 Å². The Hall–Kier alpha value is -0.0800. The maximum absolute atomic E-state index is 6.11. The van der Waals surface area contributed by atoms with E-state index in [-0.39, 0.29) is 0 Å². The van der Waals surface area contributed by atoms with E-state index in [1.54, 1.807) is 0 Å². The first-order valence-electron chi connectivity index (χ1n) is 8.60. The molecule has 0 atom stereocenters. The summed E-state index contributed by atoms with van der Waals surface area (Å²) in [5.41, 5.74) is 7.23. The van der Waals surface area contributed by atoms with Gasteiger partial charge in [-0.1, -0.05) is 33.1 Å². The van der Waals surface area contributed by atoms with Crippen molar-refractivity contribution in [3.63, 3.8) is 0 Å². The van der Waals surface area contributed by atoms with Crippen LogP contribution in [0.15, 0.2) is 0 Å². The maximum Gasteiger partial charge on any atom is 0.00382 e. The van der Waals surface area contributed by atoms with Crippen molar-refractivity contribution in [1.29, 1.82) is 0 Å². The lowest BCUT2D eigenvalue weighted by Gasteiger charge is -2.37. The van der Waals surface area contributed by atoms with E-state index in [0.717, 1.165) is 6.54 Å². The average Bonchev–Trinajstić information content (AvgIpc) is 2.90. The van der Waals surface area contributed by atoms with Crippen LogP contribution in [-0.4, -0.2) is 31.1 Å². The topological polar surface area (TPSA) is 29.3 Å². The summed E-state index contributed by atoms with van der Waals surface area (Å²) in [6.45, 7) is 9.60. The van der Waals surface area contributed by atoms with Crippen LogP contribution in [0.5, 0.6) is 0 Å². The largest absolute Gasteiger partial charge is 0.330 e. The first-order chi connectivity index (χ1) is 9.17. The van der Waals surface area contributed by atoms with E-state index < -0.39 is 0 Å². The van der Waals surface area contributed by atoms with Crippen LogP contribution in [0.1, 0.15) is 71.6 Å². The van der Waals surface area contributed by atoms with Crippen LogP contribution in [0.4, 0.5) is 0 Å². The van der Waals surface area contributed by atoms with Crippen LogP contribution in [0.25, 0.3) is 0 Å². The van der Waals surface area contributed by atoms with Gasteiger partial charge in [0.1, 0.15) is 0 Å². The molecule has 0 aromatic heterocycles. The quantitative estimate of drug-likeness (QED) is 0.792. The lowest BCUT2D eigenvalue weighted by Crippen LogP contribution is -2.37. The van der Waals surface area contributed by atoms with Gasteiger partial charge in [-0.05, 0) is 69.0 Å². The Bertz CT molecular complexity index is 264. The van der Waals surface area contributed by atoms with E-state index in [1.165, 1.54) is 77.4 Å². The predicted molar refractivity (Wildman–Crippen MR) is 83.3 cm³/mol. The molecule has 2 nitrogen and oxygen atoms in total. The van der Waals surface area contributed by atoms with E-state index in [0.29, 0.717) is 10.8 Å². The van der Waals surface area contributed by atoms with E-state index in [1.807, 2.05) is 0 Å². The Kier molecular flexibility index (Phi) is 5.30. The molecule has 2 heteroatoms. The van der Waals surface area contributed by atoms with Crippen LogP contribution in [0.3, 0.4) is 0 Å². The van der Waals surface area contributed by atoms with E-state index in [4.69, 9.17) is 5.73 Å². The van der Waals surface area contributed by atoms with Crippen molar-refractivity contribution in [1.82, 2.24) is 4.90 Å². The highest BCUT2D eigenvalue weighted by molar-refractivity contribution is 4.90. The van der Waals surface area contributed by atoms with Crippen LogP contribution < -0.4 is 5.73 Å². The molecule has 1 aliphatic heterocycles. The molecular weight excluding hydrogens is 232 g/mol. The zero-order valence-electron chi connectivity index (χ0n) is 13.2. The Morgan fingerprint density at radius 1 is 0.947 bits per heavy atom. The van der Waals surface area contributed by atoms with Gasteiger partial charge in [0, 0.05) is 6.54 Å². The molecule has 1 saturated heterocycles. The number of nitrogens with zero attached hydrogens (tertiary/aromatic N) is 1. The minimum atomic E-state index is 0.488. The van der Waals surface area contributed by atoms with Crippen molar-refractivity contribution in [2.45, 2.75) is 71.6 Å². The third-order valence-corrected chi connectivity index (χ3v) is 6.32. The van der Waals surface area contributed by atoms with Crippen molar-refractivity contribution in [2.75, 3.05) is 26.2 Å². The second-order valence-electron chi connectivity index (χ2n) is 7.25. The summed E-state index contributed by atoms with van der Waals surface area (Å²) in [6.07, 6.45) is 12.5. The van der Waals surface area contributed by atoms with Crippen molar-refractivity contribution >= 4 is 0 Å². The number of rotatable bonds is 6. The van der Waals surface area contributed by atoms with Gasteiger partial charge in [0.2, 0.25) is 0 Å². The van der Waals surface area contributed by atoms with Gasteiger partial charge < -0.3 is 10.6 Å². The van der Waals surface area contributed by atoms with Gasteiger partial charge >= 0.3 is 0 Å². The molecule has 0 amide bonds. The molecule has 2 rings (SSSR count). The average molecular weight is 266 g/mol. The van der Waals surface area contributed by atoms with Gasteiger partial charge in [-0.3, -0.25) is 0 Å². The fraction of sp³-hybridized carbons (Fsp3) is 1.00. The minimum absolute atomic E-state index is 0.488. The molecule has 19 heavy (non-hydrogen) atoms. The molecule has 0 aromatic rings. The molecule has 0 aromatic carbocycles. The molecule has 1 saturated carbocycles. The zero-order valence-corrected chi connectivity index (χ0v) is 13.2. The number of hydrogen-bond acceptors (Lipinski definition) is 2. The second kappa shape index (κ2) is 6.58. The summed E-state index contributed by atoms with van der Waals surface area (Å²) in [7, 11) is 0. The van der Waals surface area contributed by atoms with Crippen LogP contribution in [0, 0.1) is 10.8 Å². The van der Waals surface area contributed by atoms with Gasteiger partial charge in [0.05, 0.1) is 0 Å². The Morgan fingerprint density at radius 2 is 1.63 bits per heavy atom. The molecule has 2 N–H and O–H groups in total. The van der Waals surface area contributed by atoms with E-state index in [9.17, 15) is 0 Å². The van der Waals surface area contributed by atoms with Gasteiger partial charge in [0.25, 0.3) is 0 Å². The highest BCUT2D eigenvalue weighted by atomic mass is 15.2. The van der Waals surface area contributed by atoms with Crippen molar-refractivity contribution in [3.05, 3.63) is 0 Å². The Balaban J connectivity index is 1.82. The third kappa shape index (κ3) is 3.52. The van der Waals surface area contributed by atoms with Gasteiger partial charge in [0.15, 0.2) is 0 Å². The van der Waals surface area contributed by atoms with Gasteiger partial charge in [-0.15, -0.1) is 0 Å². The third-order valence-electron chi connectivity index (χ3n) is 6.32. The first-order valence-corrected chi connectivity index (χ1v) is 8.60. The molecule has 0 bridgehead atoms. The molecule has 0 radical (unpaired) electrons. The molecule has 112 valence electrons. The van der Waals surface area contributed by atoms with Crippen molar-refractivity contribution < 1.29 is 0 Å². The molecule has 1 heterocycles. The SMILES string of the molecule is CCC1(CC)CCN(CCC2(CN)CCCCC2)C1. The minimum Gasteiger partial charge on any atom is -0.330 e. The fourth-order valence-corrected chi connectivity index (χ4v) is 4.30. The number of hydrogen-bond donors (Lipinski definition) is 1. The van der Waals surface area contributed by atoms with E-state index >= 15 is 0 Å². The Morgan fingerprint density at radius 3 is 2.16 bits per heavy atom. The van der Waals surface area contributed by atoms with Crippen LogP contribution >= 0.6 is 0 Å². The van der Waals surface area contributed by atoms with Crippen LogP contribution in [0.2, 0.25) is 0 Å². The molecule has 0 unspecified atom stereocenters. The van der Waals surface area contributed by atoms with E-state index in [2.05, 4.69) is 18.7 Å². The van der Waals surface area contributed by atoms with Crippen LogP contribution in [-0.2, 0) is 0 Å². The summed E-state index contributed by atoms with van der Waals surface area (Å²) >= 11 is 0. The highest BCUT2D eigenvalue weighted by Crippen LogP contribution is 2.41. The fourth-order valence-electron chi connectivity index (χ4n) is 4.30. The Labute approximate surface area is 120 Å². The molecule has 0 spiro atoms. The summed E-state index contributed by atoms with van der Waals surface area (Å²) < 4.78 is 0. The number of nitrogens with two attached hydrogens (primary N) is 1. The summed E-state index contributed by atoms with van der Waals surface area (Å²) in [5.74, 6) is 0. The second-order valence-corrected chi connectivity index (χ2v) is 7.25. The first kappa shape index (κ1) is 15.3. The number of likely N-dealkylation sites (tertiary alicyclic amines) is 1. The van der Waals surface area contributed by atoms with Crippen molar-refractivity contribution in [3.8, 4) is 0 Å². The zero-order chi connectivity index (χ0) is 13.8.